The van der Waals surface area contributed by atoms with E-state index in [0.29, 0.717) is 17.1 Å². The lowest BCUT2D eigenvalue weighted by atomic mass is 10.1. The Bertz CT molecular complexity index is 654. The molecule has 0 heterocycles. The lowest BCUT2D eigenvalue weighted by Gasteiger charge is -2.05. The Labute approximate surface area is 133 Å². The molecule has 114 valence electrons. The van der Waals surface area contributed by atoms with E-state index in [0.717, 1.165) is 18.4 Å². The Morgan fingerprint density at radius 3 is 2.32 bits per heavy atom. The largest absolute Gasteiger partial charge is 0.352 e. The lowest BCUT2D eigenvalue weighted by molar-refractivity contribution is -0.384. The summed E-state index contributed by atoms with van der Waals surface area (Å²) in [7, 11) is 0. The van der Waals surface area contributed by atoms with Crippen LogP contribution >= 0.6 is 11.6 Å². The molecule has 2 aromatic carbocycles. The summed E-state index contributed by atoms with van der Waals surface area (Å²) in [4.78, 5) is 21.9. The van der Waals surface area contributed by atoms with Gasteiger partial charge in [0.1, 0.15) is 0 Å². The number of carbonyl (C=O) groups excluding carboxylic acids is 1. The van der Waals surface area contributed by atoms with Crippen LogP contribution in [0, 0.1) is 10.1 Å². The number of benzene rings is 2. The van der Waals surface area contributed by atoms with Crippen LogP contribution in [0.1, 0.15) is 22.3 Å². The van der Waals surface area contributed by atoms with Crippen LogP contribution in [-0.4, -0.2) is 17.4 Å². The van der Waals surface area contributed by atoms with Gasteiger partial charge in [-0.1, -0.05) is 23.7 Å². The molecule has 0 aliphatic carbocycles. The number of hydrogen-bond donors (Lipinski definition) is 1. The molecule has 0 aliphatic heterocycles. The summed E-state index contributed by atoms with van der Waals surface area (Å²) < 4.78 is 0. The van der Waals surface area contributed by atoms with Crippen LogP contribution in [0.25, 0.3) is 0 Å². The van der Waals surface area contributed by atoms with Crippen LogP contribution in [0.2, 0.25) is 5.02 Å². The van der Waals surface area contributed by atoms with E-state index in [1.54, 1.807) is 0 Å². The van der Waals surface area contributed by atoms with Crippen molar-refractivity contribution < 1.29 is 9.72 Å². The van der Waals surface area contributed by atoms with E-state index in [4.69, 9.17) is 11.6 Å². The summed E-state index contributed by atoms with van der Waals surface area (Å²) in [5.41, 5.74) is 1.55. The molecule has 2 rings (SSSR count). The van der Waals surface area contributed by atoms with Gasteiger partial charge in [-0.05, 0) is 42.7 Å². The molecule has 0 atom stereocenters. The summed E-state index contributed by atoms with van der Waals surface area (Å²) in [6, 6.07) is 13.1. The molecule has 0 saturated carbocycles. The summed E-state index contributed by atoms with van der Waals surface area (Å²) in [6.07, 6.45) is 1.65. The van der Waals surface area contributed by atoms with Crippen LogP contribution in [0.15, 0.2) is 48.5 Å². The fourth-order valence-corrected chi connectivity index (χ4v) is 2.11. The maximum Gasteiger partial charge on any atom is 0.269 e. The molecule has 0 saturated heterocycles. The first-order valence-corrected chi connectivity index (χ1v) is 7.21. The number of aryl methyl sites for hydroxylation is 1. The molecule has 0 spiro atoms. The topological polar surface area (TPSA) is 72.2 Å². The molecular weight excluding hydrogens is 304 g/mol. The van der Waals surface area contributed by atoms with Gasteiger partial charge in [0, 0.05) is 29.3 Å². The van der Waals surface area contributed by atoms with E-state index in [1.807, 2.05) is 24.3 Å². The highest BCUT2D eigenvalue weighted by molar-refractivity contribution is 6.30. The predicted octanol–water partition coefficient (Wildman–Crippen LogP) is 3.61. The van der Waals surface area contributed by atoms with Gasteiger partial charge in [-0.2, -0.15) is 0 Å². The van der Waals surface area contributed by atoms with Gasteiger partial charge in [0.15, 0.2) is 0 Å². The SMILES string of the molecule is O=C(NCCCc1ccc(Cl)cc1)c1ccc([N+](=O)[O-])cc1. The molecule has 0 radical (unpaired) electrons. The molecule has 0 bridgehead atoms. The first-order valence-electron chi connectivity index (χ1n) is 6.83. The zero-order valence-electron chi connectivity index (χ0n) is 11.8. The third kappa shape index (κ3) is 4.56. The smallest absolute Gasteiger partial charge is 0.269 e. The molecule has 2 aromatic rings. The average Bonchev–Trinajstić information content (AvgIpc) is 2.53. The fourth-order valence-electron chi connectivity index (χ4n) is 1.98. The minimum Gasteiger partial charge on any atom is -0.352 e. The normalized spacial score (nSPS) is 10.2. The number of hydrogen-bond acceptors (Lipinski definition) is 3. The van der Waals surface area contributed by atoms with Crippen LogP contribution in [0.5, 0.6) is 0 Å². The van der Waals surface area contributed by atoms with Crippen molar-refractivity contribution in [2.45, 2.75) is 12.8 Å². The second-order valence-electron chi connectivity index (χ2n) is 4.79. The van der Waals surface area contributed by atoms with E-state index in [1.165, 1.54) is 24.3 Å². The minimum atomic E-state index is -0.492. The van der Waals surface area contributed by atoms with Gasteiger partial charge < -0.3 is 5.32 Å². The summed E-state index contributed by atoms with van der Waals surface area (Å²) in [6.45, 7) is 0.540. The van der Waals surface area contributed by atoms with E-state index in [-0.39, 0.29) is 11.6 Å². The lowest BCUT2D eigenvalue weighted by Crippen LogP contribution is -2.24. The average molecular weight is 319 g/mol. The van der Waals surface area contributed by atoms with E-state index < -0.39 is 4.92 Å². The van der Waals surface area contributed by atoms with Crippen LogP contribution in [-0.2, 0) is 6.42 Å². The summed E-state index contributed by atoms with van der Waals surface area (Å²) in [5.74, 6) is -0.231. The minimum absolute atomic E-state index is 0.0284. The number of nitro groups is 1. The van der Waals surface area contributed by atoms with Gasteiger partial charge in [-0.15, -0.1) is 0 Å². The third-order valence-electron chi connectivity index (χ3n) is 3.18. The number of carbonyl (C=O) groups is 1. The summed E-state index contributed by atoms with van der Waals surface area (Å²) in [5, 5.41) is 14.0. The molecule has 1 amide bonds. The molecule has 1 N–H and O–H groups in total. The zero-order valence-corrected chi connectivity index (χ0v) is 12.5. The highest BCUT2D eigenvalue weighted by atomic mass is 35.5. The Kier molecular flexibility index (Phi) is 5.49. The molecule has 22 heavy (non-hydrogen) atoms. The number of halogens is 1. The number of non-ortho nitro benzene ring substituents is 1. The van der Waals surface area contributed by atoms with Crippen LogP contribution < -0.4 is 5.32 Å². The Hall–Kier alpha value is -2.40. The number of nitro benzene ring substituents is 1. The number of nitrogens with one attached hydrogen (secondary N) is 1. The molecule has 0 unspecified atom stereocenters. The van der Waals surface area contributed by atoms with Crippen molar-refractivity contribution in [3.63, 3.8) is 0 Å². The van der Waals surface area contributed by atoms with E-state index >= 15 is 0 Å². The highest BCUT2D eigenvalue weighted by Gasteiger charge is 2.08. The van der Waals surface area contributed by atoms with Gasteiger partial charge in [-0.25, -0.2) is 0 Å². The Morgan fingerprint density at radius 2 is 1.73 bits per heavy atom. The Morgan fingerprint density at radius 1 is 1.09 bits per heavy atom. The highest BCUT2D eigenvalue weighted by Crippen LogP contribution is 2.12. The molecule has 0 fully saturated rings. The van der Waals surface area contributed by atoms with Crippen molar-refractivity contribution in [2.24, 2.45) is 0 Å². The van der Waals surface area contributed by atoms with Gasteiger partial charge in [-0.3, -0.25) is 14.9 Å². The van der Waals surface area contributed by atoms with Crippen LogP contribution in [0.4, 0.5) is 5.69 Å². The molecular formula is C16H15ClN2O3. The molecule has 0 aliphatic rings. The summed E-state index contributed by atoms with van der Waals surface area (Å²) >= 11 is 5.81. The van der Waals surface area contributed by atoms with Gasteiger partial charge in [0.05, 0.1) is 4.92 Å². The van der Waals surface area contributed by atoms with Crippen molar-refractivity contribution in [2.75, 3.05) is 6.54 Å². The van der Waals surface area contributed by atoms with Crippen molar-refractivity contribution in [1.82, 2.24) is 5.32 Å². The molecule has 0 aromatic heterocycles. The number of rotatable bonds is 6. The number of nitrogens with zero attached hydrogens (tertiary/aromatic N) is 1. The standard InChI is InChI=1S/C16H15ClN2O3/c17-14-7-3-12(4-8-14)2-1-11-18-16(20)13-5-9-15(10-6-13)19(21)22/h3-10H,1-2,11H2,(H,18,20). The first-order chi connectivity index (χ1) is 10.6. The number of amides is 1. The fraction of sp³-hybridized carbons (Fsp3) is 0.188. The van der Waals surface area contributed by atoms with Gasteiger partial charge in [0.2, 0.25) is 0 Å². The Balaban J connectivity index is 1.77. The third-order valence-corrected chi connectivity index (χ3v) is 3.43. The monoisotopic (exact) mass is 318 g/mol. The van der Waals surface area contributed by atoms with Crippen LogP contribution in [0.3, 0.4) is 0 Å². The van der Waals surface area contributed by atoms with E-state index in [9.17, 15) is 14.9 Å². The van der Waals surface area contributed by atoms with Gasteiger partial charge in [0.25, 0.3) is 11.6 Å². The first kappa shape index (κ1) is 16.0. The quantitative estimate of drug-likeness (QED) is 0.502. The molecule has 6 heteroatoms. The second kappa shape index (κ2) is 7.56. The maximum absolute atomic E-state index is 11.9. The maximum atomic E-state index is 11.9. The van der Waals surface area contributed by atoms with Crippen molar-refractivity contribution in [3.8, 4) is 0 Å². The zero-order chi connectivity index (χ0) is 15.9. The second-order valence-corrected chi connectivity index (χ2v) is 5.23. The van der Waals surface area contributed by atoms with Crippen molar-refractivity contribution >= 4 is 23.2 Å². The molecule has 5 nitrogen and oxygen atoms in total. The predicted molar refractivity (Wildman–Crippen MR) is 85.2 cm³/mol. The van der Waals surface area contributed by atoms with E-state index in [2.05, 4.69) is 5.32 Å². The van der Waals surface area contributed by atoms with Crippen molar-refractivity contribution in [3.05, 3.63) is 74.8 Å². The van der Waals surface area contributed by atoms with Gasteiger partial charge >= 0.3 is 0 Å². The van der Waals surface area contributed by atoms with Crippen molar-refractivity contribution in [1.29, 1.82) is 0 Å².